The summed E-state index contributed by atoms with van der Waals surface area (Å²) >= 11 is 0. The van der Waals surface area contributed by atoms with Crippen molar-refractivity contribution in [3.63, 3.8) is 0 Å². The predicted octanol–water partition coefficient (Wildman–Crippen LogP) is 2.62. The molecule has 3 fully saturated rings. The molecule has 2 aliphatic heterocycles. The molecule has 3 N–H and O–H groups in total. The number of benzene rings is 1. The smallest absolute Gasteiger partial charge is 0.257 e. The SMILES string of the molecule is CC1(CN2CCC(COc3cnc(-c4ccc(C(=O)N5C[C@H](O)C[C@H]5C(N)=O)c(F)c4)cn3)CC2)CCC1. The van der Waals surface area contributed by atoms with Crippen LogP contribution in [0.1, 0.15) is 55.8 Å². The fourth-order valence-corrected chi connectivity index (χ4v) is 5.84. The Bertz CT molecular complexity index is 1160. The van der Waals surface area contributed by atoms with Gasteiger partial charge in [0, 0.05) is 25.1 Å². The summed E-state index contributed by atoms with van der Waals surface area (Å²) in [5.74, 6) is -1.25. The molecule has 1 aromatic carbocycles. The topological polar surface area (TPSA) is 122 Å². The molecule has 1 saturated carbocycles. The van der Waals surface area contributed by atoms with Gasteiger partial charge >= 0.3 is 0 Å². The minimum absolute atomic E-state index is 0.0451. The molecule has 0 unspecified atom stereocenters. The van der Waals surface area contributed by atoms with Crippen molar-refractivity contribution < 1.29 is 23.8 Å². The third kappa shape index (κ3) is 5.81. The maximum atomic E-state index is 14.9. The van der Waals surface area contributed by atoms with Crippen molar-refractivity contribution in [2.45, 2.75) is 57.6 Å². The van der Waals surface area contributed by atoms with E-state index in [-0.39, 0.29) is 18.5 Å². The van der Waals surface area contributed by atoms with E-state index in [4.69, 9.17) is 10.5 Å². The highest BCUT2D eigenvalue weighted by atomic mass is 19.1. The first-order chi connectivity index (χ1) is 18.2. The van der Waals surface area contributed by atoms with E-state index in [1.54, 1.807) is 6.07 Å². The molecule has 204 valence electrons. The first-order valence-corrected chi connectivity index (χ1v) is 13.5. The van der Waals surface area contributed by atoms with Gasteiger partial charge in [-0.05, 0) is 62.2 Å². The van der Waals surface area contributed by atoms with Gasteiger partial charge in [0.25, 0.3) is 5.91 Å². The van der Waals surface area contributed by atoms with Crippen LogP contribution in [0.2, 0.25) is 0 Å². The van der Waals surface area contributed by atoms with Crippen LogP contribution in [-0.2, 0) is 4.79 Å². The summed E-state index contributed by atoms with van der Waals surface area (Å²) in [6.45, 7) is 6.36. The molecule has 2 amide bonds. The van der Waals surface area contributed by atoms with Gasteiger partial charge in [0.05, 0.1) is 36.4 Å². The van der Waals surface area contributed by atoms with E-state index in [2.05, 4.69) is 21.8 Å². The molecular formula is C28H36FN5O4. The fraction of sp³-hybridized carbons (Fsp3) is 0.571. The molecule has 0 radical (unpaired) electrons. The van der Waals surface area contributed by atoms with Crippen molar-refractivity contribution in [2.75, 3.05) is 32.8 Å². The van der Waals surface area contributed by atoms with Crippen molar-refractivity contribution in [3.8, 4) is 17.1 Å². The van der Waals surface area contributed by atoms with Crippen molar-refractivity contribution in [1.29, 1.82) is 0 Å². The molecule has 0 bridgehead atoms. The van der Waals surface area contributed by atoms with Gasteiger partial charge in [-0.25, -0.2) is 14.4 Å². The Labute approximate surface area is 222 Å². The van der Waals surface area contributed by atoms with E-state index in [0.717, 1.165) is 30.8 Å². The highest BCUT2D eigenvalue weighted by Gasteiger charge is 2.39. The minimum atomic E-state index is -0.960. The number of rotatable bonds is 8. The molecule has 3 heterocycles. The molecule has 10 heteroatoms. The Morgan fingerprint density at radius 1 is 1.21 bits per heavy atom. The van der Waals surface area contributed by atoms with Gasteiger partial charge in [0.15, 0.2) is 0 Å². The number of β-amino-alcohol motifs (C(OH)–C–C–N with tert-alkyl or cyclic N) is 1. The van der Waals surface area contributed by atoms with Gasteiger partial charge < -0.3 is 25.4 Å². The highest BCUT2D eigenvalue weighted by Crippen LogP contribution is 2.41. The number of nitrogens with two attached hydrogens (primary N) is 1. The van der Waals surface area contributed by atoms with Crippen LogP contribution in [0.3, 0.4) is 0 Å². The number of hydrogen-bond donors (Lipinski definition) is 2. The summed E-state index contributed by atoms with van der Waals surface area (Å²) in [6, 6.07) is 3.17. The van der Waals surface area contributed by atoms with E-state index < -0.39 is 29.8 Å². The normalized spacial score (nSPS) is 23.7. The summed E-state index contributed by atoms with van der Waals surface area (Å²) in [7, 11) is 0. The van der Waals surface area contributed by atoms with Gasteiger partial charge in [-0.1, -0.05) is 19.4 Å². The molecule has 1 aliphatic carbocycles. The Balaban J connectivity index is 1.14. The van der Waals surface area contributed by atoms with E-state index >= 15 is 0 Å². The zero-order valence-corrected chi connectivity index (χ0v) is 21.8. The van der Waals surface area contributed by atoms with Crippen molar-refractivity contribution in [2.24, 2.45) is 17.1 Å². The lowest BCUT2D eigenvalue weighted by atomic mass is 9.70. The van der Waals surface area contributed by atoms with Crippen molar-refractivity contribution in [3.05, 3.63) is 42.0 Å². The average molecular weight is 526 g/mol. The van der Waals surface area contributed by atoms with Crippen LogP contribution >= 0.6 is 0 Å². The van der Waals surface area contributed by atoms with Crippen molar-refractivity contribution >= 4 is 11.8 Å². The maximum absolute atomic E-state index is 14.9. The molecule has 2 aromatic rings. The van der Waals surface area contributed by atoms with Gasteiger partial charge in [-0.15, -0.1) is 0 Å². The Morgan fingerprint density at radius 2 is 1.97 bits per heavy atom. The van der Waals surface area contributed by atoms with Gasteiger partial charge in [-0.2, -0.15) is 0 Å². The number of piperidine rings is 1. The van der Waals surface area contributed by atoms with E-state index in [1.165, 1.54) is 50.3 Å². The van der Waals surface area contributed by atoms with E-state index in [1.807, 2.05) is 0 Å². The number of primary amides is 1. The molecule has 5 rings (SSSR count). The quantitative estimate of drug-likeness (QED) is 0.543. The molecule has 38 heavy (non-hydrogen) atoms. The average Bonchev–Trinajstić information content (AvgIpc) is 3.29. The number of nitrogens with zero attached hydrogens (tertiary/aromatic N) is 4. The van der Waals surface area contributed by atoms with Gasteiger partial charge in [-0.3, -0.25) is 9.59 Å². The lowest BCUT2D eigenvalue weighted by molar-refractivity contribution is -0.121. The van der Waals surface area contributed by atoms with Crippen LogP contribution in [0.25, 0.3) is 11.3 Å². The zero-order valence-electron chi connectivity index (χ0n) is 21.8. The number of likely N-dealkylation sites (tertiary alicyclic amines) is 2. The molecule has 3 aliphatic rings. The summed E-state index contributed by atoms with van der Waals surface area (Å²) in [4.78, 5) is 36.9. The third-order valence-electron chi connectivity index (χ3n) is 8.33. The number of carbonyl (C=O) groups is 2. The molecular weight excluding hydrogens is 489 g/mol. The van der Waals surface area contributed by atoms with Crippen LogP contribution in [0.5, 0.6) is 5.88 Å². The van der Waals surface area contributed by atoms with Crippen LogP contribution in [0, 0.1) is 17.2 Å². The lowest BCUT2D eigenvalue weighted by Gasteiger charge is -2.44. The van der Waals surface area contributed by atoms with E-state index in [9.17, 15) is 19.1 Å². The Morgan fingerprint density at radius 3 is 2.58 bits per heavy atom. The molecule has 2 saturated heterocycles. The first kappa shape index (κ1) is 26.5. The van der Waals surface area contributed by atoms with E-state index in [0.29, 0.717) is 35.1 Å². The van der Waals surface area contributed by atoms with Crippen LogP contribution in [0.15, 0.2) is 30.6 Å². The zero-order chi connectivity index (χ0) is 26.9. The second kappa shape index (κ2) is 10.9. The standard InChI is InChI=1S/C28H36FN5O4/c1-28(7-2-8-28)17-33-9-5-18(6-10-33)16-38-25-14-31-23(13-32-25)19-3-4-21(22(29)11-19)27(37)34-15-20(35)12-24(34)26(30)36/h3-4,11,13-14,18,20,24,35H,2,5-10,12,15-17H2,1H3,(H2,30,36)/t20-,24+/m1/s1. The molecule has 0 spiro atoms. The monoisotopic (exact) mass is 525 g/mol. The fourth-order valence-electron chi connectivity index (χ4n) is 5.84. The first-order valence-electron chi connectivity index (χ1n) is 13.5. The second-order valence-electron chi connectivity index (χ2n) is 11.4. The number of amides is 2. The number of ether oxygens (including phenoxy) is 1. The largest absolute Gasteiger partial charge is 0.476 e. The maximum Gasteiger partial charge on any atom is 0.257 e. The summed E-state index contributed by atoms with van der Waals surface area (Å²) in [6.07, 6.45) is 8.51. The summed E-state index contributed by atoms with van der Waals surface area (Å²) in [5, 5.41) is 9.85. The number of aliphatic hydroxyl groups is 1. The molecule has 1 aromatic heterocycles. The predicted molar refractivity (Wildman–Crippen MR) is 139 cm³/mol. The Hall–Kier alpha value is -3.11. The second-order valence-corrected chi connectivity index (χ2v) is 11.4. The number of halogens is 1. The lowest BCUT2D eigenvalue weighted by Crippen LogP contribution is -2.44. The Kier molecular flexibility index (Phi) is 7.63. The van der Waals surface area contributed by atoms with Crippen LogP contribution < -0.4 is 10.5 Å². The van der Waals surface area contributed by atoms with Crippen molar-refractivity contribution in [1.82, 2.24) is 19.8 Å². The minimum Gasteiger partial charge on any atom is -0.476 e. The van der Waals surface area contributed by atoms with Gasteiger partial charge in [0.1, 0.15) is 11.9 Å². The molecule has 9 nitrogen and oxygen atoms in total. The van der Waals surface area contributed by atoms with Gasteiger partial charge in [0.2, 0.25) is 11.8 Å². The number of carbonyl (C=O) groups excluding carboxylic acids is 2. The number of aromatic nitrogens is 2. The molecule has 2 atom stereocenters. The highest BCUT2D eigenvalue weighted by molar-refractivity contribution is 5.98. The van der Waals surface area contributed by atoms with Crippen LogP contribution in [0.4, 0.5) is 4.39 Å². The summed E-state index contributed by atoms with van der Waals surface area (Å²) in [5.41, 5.74) is 6.57. The summed E-state index contributed by atoms with van der Waals surface area (Å²) < 4.78 is 20.8. The number of hydrogen-bond acceptors (Lipinski definition) is 7. The third-order valence-corrected chi connectivity index (χ3v) is 8.33. The van der Waals surface area contributed by atoms with Crippen LogP contribution in [-0.4, -0.2) is 81.6 Å². The number of aliphatic hydroxyl groups excluding tert-OH is 1.